The second-order valence-electron chi connectivity index (χ2n) is 5.07. The summed E-state index contributed by atoms with van der Waals surface area (Å²) in [6, 6.07) is 3.40. The molecule has 4 heteroatoms. The number of halogens is 1. The van der Waals surface area contributed by atoms with Crippen molar-refractivity contribution in [2.45, 2.75) is 38.8 Å². The first-order valence-electron chi connectivity index (χ1n) is 6.24. The summed E-state index contributed by atoms with van der Waals surface area (Å²) in [7, 11) is 3.04. The maximum Gasteiger partial charge on any atom is 0.134 e. The lowest BCUT2D eigenvalue weighted by atomic mass is 9.91. The van der Waals surface area contributed by atoms with Crippen LogP contribution in [0.3, 0.4) is 0 Å². The smallest absolute Gasteiger partial charge is 0.134 e. The Morgan fingerprint density at radius 3 is 2.26 bits per heavy atom. The van der Waals surface area contributed by atoms with Crippen molar-refractivity contribution in [1.82, 2.24) is 0 Å². The van der Waals surface area contributed by atoms with Crippen molar-refractivity contribution >= 4 is 6.29 Å². The third-order valence-corrected chi connectivity index (χ3v) is 3.17. The topological polar surface area (TPSA) is 35.5 Å². The highest BCUT2D eigenvalue weighted by Gasteiger charge is 2.26. The Morgan fingerprint density at radius 1 is 1.26 bits per heavy atom. The Hall–Kier alpha value is -1.58. The Kier molecular flexibility index (Phi) is 4.92. The SMILES string of the molecule is COc1cc(C(C)(C)F)c(OC)cc1C(C)CC=O. The van der Waals surface area contributed by atoms with Crippen LogP contribution in [0.2, 0.25) is 0 Å². The second-order valence-corrected chi connectivity index (χ2v) is 5.07. The minimum absolute atomic E-state index is 0.00174. The molecule has 0 saturated heterocycles. The Labute approximate surface area is 113 Å². The van der Waals surface area contributed by atoms with E-state index in [-0.39, 0.29) is 5.92 Å². The molecule has 3 nitrogen and oxygen atoms in total. The molecule has 1 aromatic carbocycles. The summed E-state index contributed by atoms with van der Waals surface area (Å²) in [6.45, 7) is 4.86. The largest absolute Gasteiger partial charge is 0.496 e. The molecule has 0 heterocycles. The van der Waals surface area contributed by atoms with E-state index in [1.807, 2.05) is 6.92 Å². The van der Waals surface area contributed by atoms with Crippen molar-refractivity contribution in [2.24, 2.45) is 0 Å². The molecule has 0 N–H and O–H groups in total. The van der Waals surface area contributed by atoms with Gasteiger partial charge in [-0.15, -0.1) is 0 Å². The number of aldehydes is 1. The highest BCUT2D eigenvalue weighted by molar-refractivity contribution is 5.55. The third-order valence-electron chi connectivity index (χ3n) is 3.17. The number of ether oxygens (including phenoxy) is 2. The first kappa shape index (κ1) is 15.5. The van der Waals surface area contributed by atoms with Crippen LogP contribution in [-0.4, -0.2) is 20.5 Å². The van der Waals surface area contributed by atoms with Gasteiger partial charge in [-0.25, -0.2) is 4.39 Å². The van der Waals surface area contributed by atoms with Gasteiger partial charge in [-0.3, -0.25) is 0 Å². The molecule has 0 amide bonds. The summed E-state index contributed by atoms with van der Waals surface area (Å²) in [4.78, 5) is 10.6. The average Bonchev–Trinajstić information content (AvgIpc) is 2.36. The number of benzene rings is 1. The van der Waals surface area contributed by atoms with Gasteiger partial charge in [-0.1, -0.05) is 6.92 Å². The number of alkyl halides is 1. The van der Waals surface area contributed by atoms with Gasteiger partial charge >= 0.3 is 0 Å². The molecular weight excluding hydrogens is 247 g/mol. The molecule has 1 aromatic rings. The van der Waals surface area contributed by atoms with Gasteiger partial charge in [0.25, 0.3) is 0 Å². The number of hydrogen-bond donors (Lipinski definition) is 0. The van der Waals surface area contributed by atoms with Crippen molar-refractivity contribution in [3.63, 3.8) is 0 Å². The van der Waals surface area contributed by atoms with E-state index in [2.05, 4.69) is 0 Å². The molecule has 1 unspecified atom stereocenters. The minimum atomic E-state index is -1.52. The number of carbonyl (C=O) groups excluding carboxylic acids is 1. The predicted octanol–water partition coefficient (Wildman–Crippen LogP) is 3.60. The Bertz CT molecular complexity index is 449. The van der Waals surface area contributed by atoms with Gasteiger partial charge in [0.05, 0.1) is 14.2 Å². The zero-order valence-corrected chi connectivity index (χ0v) is 12.1. The van der Waals surface area contributed by atoms with Crippen molar-refractivity contribution in [1.29, 1.82) is 0 Å². The number of hydrogen-bond acceptors (Lipinski definition) is 3. The molecule has 0 fully saturated rings. The van der Waals surface area contributed by atoms with E-state index >= 15 is 0 Å². The van der Waals surface area contributed by atoms with Crippen LogP contribution in [0.5, 0.6) is 11.5 Å². The zero-order chi connectivity index (χ0) is 14.6. The highest BCUT2D eigenvalue weighted by Crippen LogP contribution is 2.40. The summed E-state index contributed by atoms with van der Waals surface area (Å²) >= 11 is 0. The van der Waals surface area contributed by atoms with Crippen molar-refractivity contribution in [3.05, 3.63) is 23.3 Å². The molecule has 0 aliphatic carbocycles. The lowest BCUT2D eigenvalue weighted by Crippen LogP contribution is -2.12. The van der Waals surface area contributed by atoms with Gasteiger partial charge in [0.2, 0.25) is 0 Å². The molecule has 19 heavy (non-hydrogen) atoms. The van der Waals surface area contributed by atoms with E-state index in [4.69, 9.17) is 9.47 Å². The fraction of sp³-hybridized carbons (Fsp3) is 0.533. The van der Waals surface area contributed by atoms with Crippen LogP contribution >= 0.6 is 0 Å². The average molecular weight is 268 g/mol. The third kappa shape index (κ3) is 3.46. The summed E-state index contributed by atoms with van der Waals surface area (Å²) in [5.41, 5.74) is -0.237. The molecule has 0 radical (unpaired) electrons. The predicted molar refractivity (Wildman–Crippen MR) is 72.8 cm³/mol. The summed E-state index contributed by atoms with van der Waals surface area (Å²) in [6.07, 6.45) is 1.25. The molecular formula is C15H21FO3. The van der Waals surface area contributed by atoms with E-state index in [9.17, 15) is 9.18 Å². The molecule has 0 aromatic heterocycles. The molecule has 0 bridgehead atoms. The molecule has 0 aliphatic rings. The van der Waals surface area contributed by atoms with Gasteiger partial charge in [0, 0.05) is 17.5 Å². The van der Waals surface area contributed by atoms with Crippen LogP contribution in [0.15, 0.2) is 12.1 Å². The van der Waals surface area contributed by atoms with Crippen molar-refractivity contribution in [2.75, 3.05) is 14.2 Å². The number of carbonyl (C=O) groups is 1. The van der Waals surface area contributed by atoms with Crippen molar-refractivity contribution < 1.29 is 18.7 Å². The Morgan fingerprint density at radius 2 is 1.84 bits per heavy atom. The molecule has 0 aliphatic heterocycles. The summed E-state index contributed by atoms with van der Waals surface area (Å²) in [5.74, 6) is 1.05. The zero-order valence-electron chi connectivity index (χ0n) is 12.1. The highest BCUT2D eigenvalue weighted by atomic mass is 19.1. The quantitative estimate of drug-likeness (QED) is 0.739. The molecule has 0 saturated carbocycles. The fourth-order valence-corrected chi connectivity index (χ4v) is 2.04. The first-order valence-corrected chi connectivity index (χ1v) is 6.24. The lowest BCUT2D eigenvalue weighted by Gasteiger charge is -2.22. The van der Waals surface area contributed by atoms with Gasteiger partial charge in [-0.2, -0.15) is 0 Å². The normalized spacial score (nSPS) is 12.9. The standard InChI is InChI=1S/C15H21FO3/c1-10(6-7-17)11-8-14(19-5)12(15(2,3)16)9-13(11)18-4/h7-10H,6H2,1-5H3. The monoisotopic (exact) mass is 268 g/mol. The fourth-order valence-electron chi connectivity index (χ4n) is 2.04. The van der Waals surface area contributed by atoms with Crippen LogP contribution < -0.4 is 9.47 Å². The van der Waals surface area contributed by atoms with Crippen LogP contribution in [0, 0.1) is 0 Å². The van der Waals surface area contributed by atoms with Crippen LogP contribution in [0.1, 0.15) is 44.2 Å². The summed E-state index contributed by atoms with van der Waals surface area (Å²) in [5, 5.41) is 0. The lowest BCUT2D eigenvalue weighted by molar-refractivity contribution is -0.108. The van der Waals surface area contributed by atoms with Gasteiger partial charge in [0.15, 0.2) is 0 Å². The maximum atomic E-state index is 14.2. The van der Waals surface area contributed by atoms with Crippen LogP contribution in [0.25, 0.3) is 0 Å². The number of methoxy groups -OCH3 is 2. The van der Waals surface area contributed by atoms with E-state index in [1.54, 1.807) is 12.1 Å². The van der Waals surface area contributed by atoms with Crippen LogP contribution in [0.4, 0.5) is 4.39 Å². The van der Waals surface area contributed by atoms with E-state index in [1.165, 1.54) is 28.1 Å². The number of rotatable bonds is 6. The van der Waals surface area contributed by atoms with Crippen molar-refractivity contribution in [3.8, 4) is 11.5 Å². The van der Waals surface area contributed by atoms with Gasteiger partial charge in [-0.05, 0) is 31.9 Å². The summed E-state index contributed by atoms with van der Waals surface area (Å²) < 4.78 is 24.7. The van der Waals surface area contributed by atoms with Gasteiger partial charge < -0.3 is 14.3 Å². The molecule has 106 valence electrons. The van der Waals surface area contributed by atoms with Crippen LogP contribution in [-0.2, 0) is 10.5 Å². The van der Waals surface area contributed by atoms with E-state index < -0.39 is 5.67 Å². The Balaban J connectivity index is 3.39. The van der Waals surface area contributed by atoms with E-state index in [0.717, 1.165) is 11.8 Å². The minimum Gasteiger partial charge on any atom is -0.496 e. The first-order chi connectivity index (χ1) is 8.85. The molecule has 0 spiro atoms. The maximum absolute atomic E-state index is 14.2. The second kappa shape index (κ2) is 6.04. The van der Waals surface area contributed by atoms with Gasteiger partial charge in [0.1, 0.15) is 23.5 Å². The van der Waals surface area contributed by atoms with E-state index in [0.29, 0.717) is 23.5 Å². The molecule has 1 atom stereocenters. The molecule has 1 rings (SSSR count).